The third-order valence-electron chi connectivity index (χ3n) is 6.53. The molecule has 0 fully saturated rings. The molecule has 210 valence electrons. The molecule has 0 aliphatic carbocycles. The highest BCUT2D eigenvalue weighted by Gasteiger charge is 2.31. The maximum atomic E-state index is 12.3. The lowest BCUT2D eigenvalue weighted by molar-refractivity contribution is -0.919. The molecule has 1 atom stereocenters. The molecule has 0 N–H and O–H groups in total. The van der Waals surface area contributed by atoms with Gasteiger partial charge in [-0.15, -0.1) is 4.37 Å². The molecule has 1 aromatic rings. The highest BCUT2D eigenvalue weighted by molar-refractivity contribution is 6.99. The second-order valence-electron chi connectivity index (χ2n) is 10.7. The van der Waals surface area contributed by atoms with Gasteiger partial charge in [-0.1, -0.05) is 57.9 Å². The summed E-state index contributed by atoms with van der Waals surface area (Å²) in [7, 11) is 2.13. The largest absolute Gasteiger partial charge is 0.475 e. The fourth-order valence-corrected chi connectivity index (χ4v) is 4.95. The average molecular weight is 539 g/mol. The predicted octanol–water partition coefficient (Wildman–Crippen LogP) is 6.30. The van der Waals surface area contributed by atoms with Gasteiger partial charge in [-0.2, -0.15) is 4.37 Å². The SMILES string of the molecule is CCCCCCOc1nsnc1C1=CCC[N+](C)(COC(=O)CCCCCCCCC(=O)OC(C)C)C1. The zero-order valence-corrected chi connectivity index (χ0v) is 24.3. The van der Waals surface area contributed by atoms with E-state index in [2.05, 4.69) is 28.8 Å². The third-order valence-corrected chi connectivity index (χ3v) is 7.04. The lowest BCUT2D eigenvalue weighted by Crippen LogP contribution is -2.49. The number of nitrogens with zero attached hydrogens (tertiary/aromatic N) is 3. The van der Waals surface area contributed by atoms with Crippen molar-refractivity contribution in [3.05, 3.63) is 11.8 Å². The number of hydrogen-bond donors (Lipinski definition) is 0. The van der Waals surface area contributed by atoms with Gasteiger partial charge in [0, 0.05) is 24.8 Å². The first-order valence-corrected chi connectivity index (χ1v) is 14.9. The normalized spacial score (nSPS) is 17.5. The number of unbranched alkanes of at least 4 members (excludes halogenated alkanes) is 8. The molecule has 0 radical (unpaired) electrons. The number of rotatable bonds is 19. The fourth-order valence-electron chi connectivity index (χ4n) is 4.42. The van der Waals surface area contributed by atoms with Gasteiger partial charge in [0.1, 0.15) is 12.2 Å². The third kappa shape index (κ3) is 12.9. The molecule has 1 unspecified atom stereocenters. The van der Waals surface area contributed by atoms with Gasteiger partial charge in [-0.25, -0.2) is 0 Å². The van der Waals surface area contributed by atoms with E-state index in [9.17, 15) is 9.59 Å². The molecule has 0 saturated carbocycles. The summed E-state index contributed by atoms with van der Waals surface area (Å²) in [4.78, 5) is 23.9. The number of ether oxygens (including phenoxy) is 3. The van der Waals surface area contributed by atoms with Gasteiger partial charge in [-0.3, -0.25) is 14.1 Å². The Kier molecular flexibility index (Phi) is 14.8. The summed E-state index contributed by atoms with van der Waals surface area (Å²) in [6, 6.07) is 0. The number of hydrogen-bond acceptors (Lipinski definition) is 8. The van der Waals surface area contributed by atoms with Crippen molar-refractivity contribution in [2.45, 2.75) is 110 Å². The van der Waals surface area contributed by atoms with Gasteiger partial charge in [0.15, 0.2) is 0 Å². The van der Waals surface area contributed by atoms with Crippen molar-refractivity contribution in [1.29, 1.82) is 0 Å². The lowest BCUT2D eigenvalue weighted by atomic mass is 10.1. The van der Waals surface area contributed by atoms with Crippen LogP contribution in [0.15, 0.2) is 6.08 Å². The molecule has 1 aliphatic heterocycles. The van der Waals surface area contributed by atoms with E-state index in [1.54, 1.807) is 0 Å². The molecular formula is C28H48N3O5S+. The quantitative estimate of drug-likeness (QED) is 0.116. The topological polar surface area (TPSA) is 87.6 Å². The van der Waals surface area contributed by atoms with Crippen LogP contribution in [0, 0.1) is 0 Å². The number of esters is 2. The minimum Gasteiger partial charge on any atom is -0.475 e. The maximum absolute atomic E-state index is 12.3. The number of carbonyl (C=O) groups excluding carboxylic acids is 2. The molecule has 8 nitrogen and oxygen atoms in total. The molecule has 0 aromatic carbocycles. The lowest BCUT2D eigenvalue weighted by Gasteiger charge is -2.36. The van der Waals surface area contributed by atoms with E-state index >= 15 is 0 Å². The van der Waals surface area contributed by atoms with Crippen molar-refractivity contribution in [1.82, 2.24) is 8.75 Å². The van der Waals surface area contributed by atoms with Crippen LogP contribution in [0.5, 0.6) is 5.88 Å². The van der Waals surface area contributed by atoms with Crippen LogP contribution in [-0.2, 0) is 19.1 Å². The summed E-state index contributed by atoms with van der Waals surface area (Å²) in [5.74, 6) is 0.396. The van der Waals surface area contributed by atoms with E-state index in [-0.39, 0.29) is 18.0 Å². The molecule has 9 heteroatoms. The number of aromatic nitrogens is 2. The Morgan fingerprint density at radius 3 is 2.35 bits per heavy atom. The molecule has 1 aromatic heterocycles. The fraction of sp³-hybridized carbons (Fsp3) is 0.786. The Hall–Kier alpha value is -2.00. The van der Waals surface area contributed by atoms with E-state index in [1.165, 1.54) is 31.0 Å². The van der Waals surface area contributed by atoms with Gasteiger partial charge in [-0.05, 0) is 33.1 Å². The van der Waals surface area contributed by atoms with Crippen LogP contribution in [-0.4, -0.2) is 64.7 Å². The zero-order chi connectivity index (χ0) is 26.9. The first kappa shape index (κ1) is 31.2. The molecule has 0 saturated heterocycles. The van der Waals surface area contributed by atoms with Gasteiger partial charge in [0.2, 0.25) is 6.73 Å². The standard InChI is InChI=1S/C28H48N3O5S/c1-5-6-7-14-20-34-28-27(29-37-30-28)24-16-15-19-31(4,21-24)22-35-25(32)17-12-10-8-9-11-13-18-26(33)36-23(2)3/h16,23H,5-15,17-22H2,1-4H3/q+1. The number of quaternary nitrogens is 1. The summed E-state index contributed by atoms with van der Waals surface area (Å²) >= 11 is 1.19. The highest BCUT2D eigenvalue weighted by atomic mass is 32.1. The van der Waals surface area contributed by atoms with Crippen LogP contribution in [0.4, 0.5) is 0 Å². The van der Waals surface area contributed by atoms with Gasteiger partial charge in [0.05, 0.1) is 38.0 Å². The predicted molar refractivity (Wildman–Crippen MR) is 147 cm³/mol. The minimum atomic E-state index is -0.127. The Labute approximate surface area is 227 Å². The van der Waals surface area contributed by atoms with E-state index in [4.69, 9.17) is 14.2 Å². The summed E-state index contributed by atoms with van der Waals surface area (Å²) in [5, 5.41) is 0. The average Bonchev–Trinajstić information content (AvgIpc) is 3.32. The molecule has 37 heavy (non-hydrogen) atoms. The Balaban J connectivity index is 1.62. The van der Waals surface area contributed by atoms with E-state index in [0.29, 0.717) is 36.5 Å². The first-order chi connectivity index (χ1) is 17.8. The minimum absolute atomic E-state index is 0.0436. The van der Waals surface area contributed by atoms with Crippen LogP contribution in [0.25, 0.3) is 5.57 Å². The van der Waals surface area contributed by atoms with Crippen LogP contribution >= 0.6 is 11.7 Å². The van der Waals surface area contributed by atoms with Crippen molar-refractivity contribution in [2.24, 2.45) is 0 Å². The van der Waals surface area contributed by atoms with Crippen LogP contribution in [0.1, 0.15) is 110 Å². The molecule has 0 amide bonds. The van der Waals surface area contributed by atoms with E-state index in [0.717, 1.165) is 75.7 Å². The molecule has 2 rings (SSSR count). The van der Waals surface area contributed by atoms with Gasteiger partial charge >= 0.3 is 11.9 Å². The molecular weight excluding hydrogens is 490 g/mol. The van der Waals surface area contributed by atoms with Gasteiger partial charge < -0.3 is 14.2 Å². The van der Waals surface area contributed by atoms with Crippen LogP contribution < -0.4 is 4.74 Å². The molecule has 1 aliphatic rings. The molecule has 0 bridgehead atoms. The van der Waals surface area contributed by atoms with Gasteiger partial charge in [0.25, 0.3) is 5.88 Å². The summed E-state index contributed by atoms with van der Waals surface area (Å²) in [6.07, 6.45) is 14.5. The van der Waals surface area contributed by atoms with Crippen molar-refractivity contribution in [2.75, 3.05) is 33.5 Å². The van der Waals surface area contributed by atoms with Crippen LogP contribution in [0.2, 0.25) is 0 Å². The molecule has 0 spiro atoms. The Morgan fingerprint density at radius 2 is 1.65 bits per heavy atom. The smallest absolute Gasteiger partial charge is 0.310 e. The molecule has 2 heterocycles. The van der Waals surface area contributed by atoms with Crippen molar-refractivity contribution < 1.29 is 28.3 Å². The second-order valence-corrected chi connectivity index (χ2v) is 11.2. The Morgan fingerprint density at radius 1 is 0.973 bits per heavy atom. The second kappa shape index (κ2) is 17.5. The summed E-state index contributed by atoms with van der Waals surface area (Å²) in [6.45, 7) is 8.64. The van der Waals surface area contributed by atoms with Crippen molar-refractivity contribution in [3.8, 4) is 5.88 Å². The first-order valence-electron chi connectivity index (χ1n) is 14.2. The Bertz CT molecular complexity index is 842. The monoisotopic (exact) mass is 538 g/mol. The van der Waals surface area contributed by atoms with E-state index in [1.807, 2.05) is 13.8 Å². The van der Waals surface area contributed by atoms with E-state index < -0.39 is 0 Å². The summed E-state index contributed by atoms with van der Waals surface area (Å²) < 4.78 is 26.3. The highest BCUT2D eigenvalue weighted by Crippen LogP contribution is 2.30. The van der Waals surface area contributed by atoms with Crippen molar-refractivity contribution >= 4 is 29.2 Å². The maximum Gasteiger partial charge on any atom is 0.310 e. The van der Waals surface area contributed by atoms with Crippen LogP contribution in [0.3, 0.4) is 0 Å². The number of likely N-dealkylation sites (N-methyl/N-ethyl adjacent to an activating group) is 1. The zero-order valence-electron chi connectivity index (χ0n) is 23.5. The number of carbonyl (C=O) groups is 2. The van der Waals surface area contributed by atoms with Crippen molar-refractivity contribution in [3.63, 3.8) is 0 Å². The summed E-state index contributed by atoms with van der Waals surface area (Å²) in [5.41, 5.74) is 1.97.